The topological polar surface area (TPSA) is 46.6 Å². The zero-order valence-corrected chi connectivity index (χ0v) is 18.9. The van der Waals surface area contributed by atoms with Gasteiger partial charge in [-0.1, -0.05) is 25.3 Å². The van der Waals surface area contributed by atoms with Crippen molar-refractivity contribution in [2.24, 2.45) is 0 Å². The van der Waals surface area contributed by atoms with Gasteiger partial charge >= 0.3 is 0 Å². The summed E-state index contributed by atoms with van der Waals surface area (Å²) >= 11 is 0. The van der Waals surface area contributed by atoms with E-state index in [1.54, 1.807) is 26.0 Å². The number of unbranched alkanes of at least 4 members (excludes halogenated alkanes) is 4. The molecule has 0 amide bonds. The summed E-state index contributed by atoms with van der Waals surface area (Å²) in [6, 6.07) is 3.36. The van der Waals surface area contributed by atoms with E-state index in [1.807, 2.05) is 18.7 Å². The Morgan fingerprint density at radius 3 is 2.21 bits per heavy atom. The molecule has 1 aliphatic heterocycles. The van der Waals surface area contributed by atoms with Gasteiger partial charge in [0.25, 0.3) is 0 Å². The Morgan fingerprint density at radius 2 is 1.59 bits per heavy atom. The second kappa shape index (κ2) is 10.7. The molecule has 2 atom stereocenters. The molecule has 0 spiro atoms. The van der Waals surface area contributed by atoms with E-state index in [1.165, 1.54) is 0 Å². The van der Waals surface area contributed by atoms with E-state index in [4.69, 9.17) is 4.74 Å². The average Bonchev–Trinajstić information content (AvgIpc) is 2.63. The van der Waals surface area contributed by atoms with Crippen LogP contribution in [0.15, 0.2) is 12.1 Å². The molecule has 1 aromatic carbocycles. The van der Waals surface area contributed by atoms with E-state index in [0.29, 0.717) is 37.2 Å². The lowest BCUT2D eigenvalue weighted by Gasteiger charge is -2.37. The molecule has 1 fully saturated rings. The Morgan fingerprint density at radius 1 is 1.00 bits per heavy atom. The SMILES string of the molecule is CC(C)S(=O)(=O)CCCCCCCc1ccc(N2C[C@@H](C)O[C@@H](C)C2)c(F)c1F. The number of benzene rings is 1. The third kappa shape index (κ3) is 6.92. The second-order valence-corrected chi connectivity index (χ2v) is 11.1. The lowest BCUT2D eigenvalue weighted by molar-refractivity contribution is -0.00543. The third-order valence-electron chi connectivity index (χ3n) is 5.50. The van der Waals surface area contributed by atoms with E-state index in [9.17, 15) is 17.2 Å². The smallest absolute Gasteiger partial charge is 0.182 e. The van der Waals surface area contributed by atoms with Gasteiger partial charge in [0.1, 0.15) is 0 Å². The molecule has 0 aromatic heterocycles. The van der Waals surface area contributed by atoms with E-state index >= 15 is 0 Å². The fourth-order valence-electron chi connectivity index (χ4n) is 3.78. The first-order valence-electron chi connectivity index (χ1n) is 10.7. The molecular formula is C22H35F2NO3S. The number of anilines is 1. The van der Waals surface area contributed by atoms with E-state index in [2.05, 4.69) is 0 Å². The normalized spacial score (nSPS) is 20.4. The second-order valence-electron chi connectivity index (χ2n) is 8.47. The van der Waals surface area contributed by atoms with Gasteiger partial charge in [-0.05, 0) is 58.6 Å². The van der Waals surface area contributed by atoms with Crippen molar-refractivity contribution in [2.75, 3.05) is 23.7 Å². The van der Waals surface area contributed by atoms with Crippen LogP contribution in [-0.4, -0.2) is 44.7 Å². The monoisotopic (exact) mass is 431 g/mol. The molecule has 166 valence electrons. The number of halogens is 2. The van der Waals surface area contributed by atoms with Crippen molar-refractivity contribution in [1.29, 1.82) is 0 Å². The summed E-state index contributed by atoms with van der Waals surface area (Å²) in [5.74, 6) is -1.30. The highest BCUT2D eigenvalue weighted by Crippen LogP contribution is 2.28. The van der Waals surface area contributed by atoms with Gasteiger partial charge in [-0.2, -0.15) is 0 Å². The van der Waals surface area contributed by atoms with Gasteiger partial charge < -0.3 is 9.64 Å². The van der Waals surface area contributed by atoms with Crippen LogP contribution in [-0.2, 0) is 21.0 Å². The minimum Gasteiger partial charge on any atom is -0.372 e. The number of ether oxygens (including phenoxy) is 1. The van der Waals surface area contributed by atoms with Crippen LogP contribution in [0.25, 0.3) is 0 Å². The standard InChI is InChI=1S/C22H35F2NO3S/c1-16(2)29(26,27)13-9-7-5-6-8-10-19-11-12-20(22(24)21(19)23)25-14-17(3)28-18(4)15-25/h11-12,16-18H,5-10,13-15H2,1-4H3/t17-,18+. The van der Waals surface area contributed by atoms with Crippen molar-refractivity contribution in [2.45, 2.75) is 83.7 Å². The first kappa shape index (κ1) is 24.1. The zero-order valence-electron chi connectivity index (χ0n) is 18.1. The van der Waals surface area contributed by atoms with Crippen molar-refractivity contribution >= 4 is 15.5 Å². The summed E-state index contributed by atoms with van der Waals surface area (Å²) < 4.78 is 58.4. The quantitative estimate of drug-likeness (QED) is 0.495. The van der Waals surface area contributed by atoms with Crippen LogP contribution >= 0.6 is 0 Å². The van der Waals surface area contributed by atoms with Crippen molar-refractivity contribution in [1.82, 2.24) is 0 Å². The number of sulfone groups is 1. The molecule has 7 heteroatoms. The zero-order chi connectivity index (χ0) is 21.6. The molecule has 1 aromatic rings. The van der Waals surface area contributed by atoms with Crippen LogP contribution in [0.4, 0.5) is 14.5 Å². The molecular weight excluding hydrogens is 396 g/mol. The molecule has 0 saturated carbocycles. The molecule has 1 saturated heterocycles. The number of rotatable bonds is 10. The van der Waals surface area contributed by atoms with Gasteiger partial charge in [0.05, 0.1) is 28.9 Å². The predicted molar refractivity (Wildman–Crippen MR) is 114 cm³/mol. The Hall–Kier alpha value is -1.21. The fraction of sp³-hybridized carbons (Fsp3) is 0.727. The molecule has 0 bridgehead atoms. The fourth-order valence-corrected chi connectivity index (χ4v) is 4.85. The first-order valence-corrected chi connectivity index (χ1v) is 12.4. The maximum absolute atomic E-state index is 14.6. The van der Waals surface area contributed by atoms with Crippen LogP contribution in [0.5, 0.6) is 0 Å². The number of morpholine rings is 1. The number of hydrogen-bond donors (Lipinski definition) is 0. The van der Waals surface area contributed by atoms with Gasteiger partial charge in [0, 0.05) is 13.1 Å². The molecule has 2 rings (SSSR count). The van der Waals surface area contributed by atoms with E-state index in [-0.39, 0.29) is 23.2 Å². The largest absolute Gasteiger partial charge is 0.372 e. The van der Waals surface area contributed by atoms with Crippen molar-refractivity contribution < 1.29 is 21.9 Å². The van der Waals surface area contributed by atoms with Crippen molar-refractivity contribution in [3.8, 4) is 0 Å². The van der Waals surface area contributed by atoms with Gasteiger partial charge in [0.2, 0.25) is 0 Å². The highest BCUT2D eigenvalue weighted by Gasteiger charge is 2.26. The summed E-state index contributed by atoms with van der Waals surface area (Å²) in [6.07, 6.45) is 4.50. The van der Waals surface area contributed by atoms with Gasteiger partial charge in [-0.3, -0.25) is 0 Å². The molecule has 0 aliphatic carbocycles. The molecule has 4 nitrogen and oxygen atoms in total. The predicted octanol–water partition coefficient (Wildman–Crippen LogP) is 4.89. The van der Waals surface area contributed by atoms with Crippen LogP contribution in [0.2, 0.25) is 0 Å². The Balaban J connectivity index is 1.80. The highest BCUT2D eigenvalue weighted by atomic mass is 32.2. The summed E-state index contributed by atoms with van der Waals surface area (Å²) in [7, 11) is -2.97. The average molecular weight is 432 g/mol. The molecule has 0 N–H and O–H groups in total. The molecule has 1 heterocycles. The maximum atomic E-state index is 14.6. The maximum Gasteiger partial charge on any atom is 0.182 e. The Bertz CT molecular complexity index is 758. The molecule has 0 radical (unpaired) electrons. The molecule has 1 aliphatic rings. The van der Waals surface area contributed by atoms with Gasteiger partial charge in [-0.25, -0.2) is 17.2 Å². The van der Waals surface area contributed by atoms with Crippen molar-refractivity contribution in [3.63, 3.8) is 0 Å². The van der Waals surface area contributed by atoms with Crippen LogP contribution in [0, 0.1) is 11.6 Å². The molecule has 0 unspecified atom stereocenters. The van der Waals surface area contributed by atoms with Crippen LogP contribution in [0.3, 0.4) is 0 Å². The van der Waals surface area contributed by atoms with Crippen LogP contribution < -0.4 is 4.90 Å². The van der Waals surface area contributed by atoms with Gasteiger partial charge in [-0.15, -0.1) is 0 Å². The summed E-state index contributed by atoms with van der Waals surface area (Å²) in [5, 5.41) is -0.327. The third-order valence-corrected chi connectivity index (χ3v) is 7.79. The first-order chi connectivity index (χ1) is 13.6. The number of nitrogens with zero attached hydrogens (tertiary/aromatic N) is 1. The Kier molecular flexibility index (Phi) is 8.89. The summed E-state index contributed by atoms with van der Waals surface area (Å²) in [6.45, 7) is 8.37. The van der Waals surface area contributed by atoms with Crippen LogP contribution in [0.1, 0.15) is 65.4 Å². The lowest BCUT2D eigenvalue weighted by Crippen LogP contribution is -2.45. The minimum atomic E-state index is -2.97. The number of aryl methyl sites for hydroxylation is 1. The highest BCUT2D eigenvalue weighted by molar-refractivity contribution is 7.91. The van der Waals surface area contributed by atoms with Crippen molar-refractivity contribution in [3.05, 3.63) is 29.3 Å². The summed E-state index contributed by atoms with van der Waals surface area (Å²) in [4.78, 5) is 1.85. The molecule has 29 heavy (non-hydrogen) atoms. The Labute approximate surface area is 174 Å². The lowest BCUT2D eigenvalue weighted by atomic mass is 10.0. The van der Waals surface area contributed by atoms with E-state index < -0.39 is 21.5 Å². The number of hydrogen-bond acceptors (Lipinski definition) is 4. The minimum absolute atomic E-state index is 0.0172. The van der Waals surface area contributed by atoms with Gasteiger partial charge in [0.15, 0.2) is 21.5 Å². The summed E-state index contributed by atoms with van der Waals surface area (Å²) in [5.41, 5.74) is 0.711. The van der Waals surface area contributed by atoms with E-state index in [0.717, 1.165) is 25.7 Å².